The number of para-hydroxylation sites is 1. The van der Waals surface area contributed by atoms with Crippen LogP contribution in [-0.2, 0) is 19.4 Å². The van der Waals surface area contributed by atoms with Crippen LogP contribution in [0, 0.1) is 0 Å². The number of anilines is 1. The zero-order valence-electron chi connectivity index (χ0n) is 15.6. The molecule has 5 heteroatoms. The van der Waals surface area contributed by atoms with Crippen molar-refractivity contribution in [2.75, 3.05) is 5.43 Å². The SMILES string of the molecule is CCCCCCC[n+]1ccc(CCc2ccccc2N/N=C/[O-])cc1.I. The number of benzene rings is 1. The lowest BCUT2D eigenvalue weighted by molar-refractivity contribution is -0.697. The predicted octanol–water partition coefficient (Wildman–Crippen LogP) is 4.06. The van der Waals surface area contributed by atoms with Gasteiger partial charge in [0.1, 0.15) is 6.54 Å². The van der Waals surface area contributed by atoms with Crippen molar-refractivity contribution in [3.63, 3.8) is 0 Å². The second-order valence-corrected chi connectivity index (χ2v) is 6.36. The molecule has 0 aliphatic rings. The van der Waals surface area contributed by atoms with Crippen LogP contribution in [0.3, 0.4) is 0 Å². The van der Waals surface area contributed by atoms with Crippen molar-refractivity contribution in [3.05, 3.63) is 59.9 Å². The standard InChI is InChI=1S/C21H29N3O.HI/c1-2-3-4-5-8-15-24-16-13-19(14-17-24)11-12-20-9-6-7-10-21(20)23-22-18-25;/h6-7,9-10,13-14,16-18,23H,2-5,8,11-12,15H2,1H3;1H. The molecular formula is C21H30IN3O. The fourth-order valence-corrected chi connectivity index (χ4v) is 2.92. The molecule has 26 heavy (non-hydrogen) atoms. The molecule has 1 aromatic heterocycles. The molecule has 0 spiro atoms. The minimum atomic E-state index is 0. The van der Waals surface area contributed by atoms with Gasteiger partial charge in [-0.2, -0.15) is 5.10 Å². The average molecular weight is 467 g/mol. The number of hydrogen-bond acceptors (Lipinski definition) is 3. The number of pyridine rings is 1. The molecule has 0 aliphatic heterocycles. The van der Waals surface area contributed by atoms with E-state index < -0.39 is 0 Å². The highest BCUT2D eigenvalue weighted by molar-refractivity contribution is 14.0. The lowest BCUT2D eigenvalue weighted by Gasteiger charge is -2.09. The van der Waals surface area contributed by atoms with Gasteiger partial charge in [-0.1, -0.05) is 44.4 Å². The van der Waals surface area contributed by atoms with Gasteiger partial charge < -0.3 is 5.11 Å². The summed E-state index contributed by atoms with van der Waals surface area (Å²) >= 11 is 0. The van der Waals surface area contributed by atoms with Crippen molar-refractivity contribution in [2.24, 2.45) is 5.10 Å². The molecular weight excluding hydrogens is 437 g/mol. The smallest absolute Gasteiger partial charge is 0.169 e. The summed E-state index contributed by atoms with van der Waals surface area (Å²) in [5.74, 6) is 0. The number of aromatic nitrogens is 1. The van der Waals surface area contributed by atoms with E-state index in [1.54, 1.807) is 0 Å². The predicted molar refractivity (Wildman–Crippen MR) is 117 cm³/mol. The quantitative estimate of drug-likeness (QED) is 0.135. The topological polar surface area (TPSA) is 51.3 Å². The Morgan fingerprint density at radius 1 is 1.00 bits per heavy atom. The third kappa shape index (κ3) is 8.17. The molecule has 1 aromatic carbocycles. The van der Waals surface area contributed by atoms with E-state index in [1.807, 2.05) is 18.2 Å². The van der Waals surface area contributed by atoms with Gasteiger partial charge in [0.15, 0.2) is 12.4 Å². The molecule has 142 valence electrons. The van der Waals surface area contributed by atoms with Gasteiger partial charge in [-0.25, -0.2) is 4.57 Å². The molecule has 2 aromatic rings. The van der Waals surface area contributed by atoms with E-state index in [9.17, 15) is 5.11 Å². The van der Waals surface area contributed by atoms with Gasteiger partial charge in [-0.05, 0) is 42.9 Å². The molecule has 0 saturated heterocycles. The maximum absolute atomic E-state index is 10.4. The molecule has 0 unspecified atom stereocenters. The highest BCUT2D eigenvalue weighted by Crippen LogP contribution is 2.17. The van der Waals surface area contributed by atoms with Gasteiger partial charge in [0.2, 0.25) is 0 Å². The van der Waals surface area contributed by atoms with Crippen molar-refractivity contribution in [1.82, 2.24) is 0 Å². The van der Waals surface area contributed by atoms with E-state index in [2.05, 4.69) is 52.6 Å². The van der Waals surface area contributed by atoms with Crippen molar-refractivity contribution in [1.29, 1.82) is 0 Å². The highest BCUT2D eigenvalue weighted by atomic mass is 127. The second-order valence-electron chi connectivity index (χ2n) is 6.36. The lowest BCUT2D eigenvalue weighted by Crippen LogP contribution is -2.32. The second kappa shape index (κ2) is 13.6. The van der Waals surface area contributed by atoms with Gasteiger partial charge in [0, 0.05) is 18.6 Å². The van der Waals surface area contributed by atoms with Crippen molar-refractivity contribution in [2.45, 2.75) is 58.4 Å². The number of rotatable bonds is 11. The molecule has 0 bridgehead atoms. The Morgan fingerprint density at radius 2 is 1.73 bits per heavy atom. The Morgan fingerprint density at radius 3 is 2.46 bits per heavy atom. The van der Waals surface area contributed by atoms with E-state index in [0.717, 1.165) is 25.1 Å². The molecule has 0 amide bonds. The molecule has 0 atom stereocenters. The summed E-state index contributed by atoms with van der Waals surface area (Å²) in [5.41, 5.74) is 6.19. The first kappa shape index (κ1) is 22.4. The van der Waals surface area contributed by atoms with Crippen LogP contribution >= 0.6 is 24.0 Å². The van der Waals surface area contributed by atoms with Crippen LogP contribution in [0.2, 0.25) is 0 Å². The molecule has 0 radical (unpaired) electrons. The third-order valence-electron chi connectivity index (χ3n) is 4.42. The van der Waals surface area contributed by atoms with Gasteiger partial charge in [0.25, 0.3) is 0 Å². The summed E-state index contributed by atoms with van der Waals surface area (Å²) in [7, 11) is 0. The summed E-state index contributed by atoms with van der Waals surface area (Å²) in [4.78, 5) is 0. The number of nitrogens with one attached hydrogen (secondary N) is 1. The Balaban J connectivity index is 0.00000338. The maximum Gasteiger partial charge on any atom is 0.169 e. The van der Waals surface area contributed by atoms with E-state index in [0.29, 0.717) is 6.40 Å². The molecule has 0 saturated carbocycles. The van der Waals surface area contributed by atoms with Crippen LogP contribution in [0.25, 0.3) is 0 Å². The minimum Gasteiger partial charge on any atom is -0.863 e. The maximum atomic E-state index is 10.4. The fraction of sp³-hybridized carbons (Fsp3) is 0.429. The van der Waals surface area contributed by atoms with Crippen molar-refractivity contribution < 1.29 is 9.67 Å². The summed E-state index contributed by atoms with van der Waals surface area (Å²) in [6.45, 7) is 3.35. The van der Waals surface area contributed by atoms with Crippen LogP contribution in [-0.4, -0.2) is 6.40 Å². The first-order valence-corrected chi connectivity index (χ1v) is 9.29. The molecule has 4 nitrogen and oxygen atoms in total. The van der Waals surface area contributed by atoms with E-state index >= 15 is 0 Å². The first-order valence-electron chi connectivity index (χ1n) is 9.29. The summed E-state index contributed by atoms with van der Waals surface area (Å²) < 4.78 is 2.27. The summed E-state index contributed by atoms with van der Waals surface area (Å²) in [6, 6.07) is 12.4. The van der Waals surface area contributed by atoms with E-state index in [-0.39, 0.29) is 24.0 Å². The highest BCUT2D eigenvalue weighted by Gasteiger charge is 2.04. The minimum absolute atomic E-state index is 0. The summed E-state index contributed by atoms with van der Waals surface area (Å²) in [5, 5.41) is 14.0. The van der Waals surface area contributed by atoms with Crippen LogP contribution in [0.15, 0.2) is 53.9 Å². The van der Waals surface area contributed by atoms with Crippen LogP contribution < -0.4 is 15.1 Å². The fourth-order valence-electron chi connectivity index (χ4n) is 2.92. The third-order valence-corrected chi connectivity index (χ3v) is 4.42. The number of hydrazone groups is 1. The zero-order valence-corrected chi connectivity index (χ0v) is 17.9. The number of hydrogen-bond donors (Lipinski definition) is 1. The van der Waals surface area contributed by atoms with Gasteiger partial charge >= 0.3 is 0 Å². The number of aryl methyl sites for hydroxylation is 3. The largest absolute Gasteiger partial charge is 0.863 e. The molecule has 2 rings (SSSR count). The Bertz CT molecular complexity index is 644. The summed E-state index contributed by atoms with van der Waals surface area (Å²) in [6.07, 6.45) is 13.3. The van der Waals surface area contributed by atoms with Crippen LogP contribution in [0.1, 0.15) is 50.2 Å². The Hall–Kier alpha value is -1.63. The normalized spacial score (nSPS) is 10.7. The Labute approximate surface area is 174 Å². The van der Waals surface area contributed by atoms with E-state index in [4.69, 9.17) is 0 Å². The van der Waals surface area contributed by atoms with Crippen molar-refractivity contribution >= 4 is 36.1 Å². The Kier molecular flexibility index (Phi) is 11.7. The first-order chi connectivity index (χ1) is 12.3. The van der Waals surface area contributed by atoms with E-state index in [1.165, 1.54) is 43.2 Å². The molecule has 0 fully saturated rings. The monoisotopic (exact) mass is 467 g/mol. The zero-order chi connectivity index (χ0) is 17.7. The number of nitrogens with zero attached hydrogens (tertiary/aromatic N) is 2. The van der Waals surface area contributed by atoms with Gasteiger partial charge in [-0.3, -0.25) is 5.43 Å². The van der Waals surface area contributed by atoms with Gasteiger partial charge in [0.05, 0.1) is 5.69 Å². The molecule has 0 aliphatic carbocycles. The average Bonchev–Trinajstić information content (AvgIpc) is 2.66. The molecule has 1 N–H and O–H groups in total. The lowest BCUT2D eigenvalue weighted by atomic mass is 10.0. The van der Waals surface area contributed by atoms with Crippen LogP contribution in [0.5, 0.6) is 0 Å². The van der Waals surface area contributed by atoms with Crippen LogP contribution in [0.4, 0.5) is 5.69 Å². The number of halogens is 1. The number of unbranched alkanes of at least 4 members (excludes halogenated alkanes) is 4. The molecule has 1 heterocycles. The van der Waals surface area contributed by atoms with Crippen molar-refractivity contribution in [3.8, 4) is 0 Å². The van der Waals surface area contributed by atoms with Gasteiger partial charge in [-0.15, -0.1) is 24.0 Å².